The molecule has 0 spiro atoms. The van der Waals surface area contributed by atoms with E-state index in [2.05, 4.69) is 39.4 Å². The standard InChI is InChI=1S/C13H18N4/c1-16-8-6-12(15-16)10-17-7-2-3-13(17)9-14-11-4-5-11/h2-3,6-8,11,14H,4-5,9-10H2,1H3. The van der Waals surface area contributed by atoms with E-state index in [1.807, 2.05) is 17.9 Å². The molecule has 0 bridgehead atoms. The van der Waals surface area contributed by atoms with Crippen molar-refractivity contribution < 1.29 is 0 Å². The molecule has 4 heteroatoms. The fraction of sp³-hybridized carbons (Fsp3) is 0.462. The Balaban J connectivity index is 1.67. The molecule has 1 fully saturated rings. The monoisotopic (exact) mass is 230 g/mol. The molecule has 17 heavy (non-hydrogen) atoms. The van der Waals surface area contributed by atoms with Crippen LogP contribution >= 0.6 is 0 Å². The van der Waals surface area contributed by atoms with Gasteiger partial charge in [-0.25, -0.2) is 0 Å². The third kappa shape index (κ3) is 2.58. The van der Waals surface area contributed by atoms with E-state index < -0.39 is 0 Å². The zero-order valence-corrected chi connectivity index (χ0v) is 10.1. The average Bonchev–Trinajstić information content (AvgIpc) is 2.90. The summed E-state index contributed by atoms with van der Waals surface area (Å²) in [6.45, 7) is 1.82. The van der Waals surface area contributed by atoms with Gasteiger partial charge in [-0.3, -0.25) is 4.68 Å². The van der Waals surface area contributed by atoms with Crippen molar-refractivity contribution in [2.24, 2.45) is 7.05 Å². The number of rotatable bonds is 5. The fourth-order valence-electron chi connectivity index (χ4n) is 2.02. The molecular formula is C13H18N4. The Morgan fingerprint density at radius 1 is 1.35 bits per heavy atom. The Morgan fingerprint density at radius 3 is 2.94 bits per heavy atom. The van der Waals surface area contributed by atoms with Gasteiger partial charge in [0, 0.05) is 37.7 Å². The molecule has 0 saturated heterocycles. The molecule has 0 unspecified atom stereocenters. The quantitative estimate of drug-likeness (QED) is 0.845. The molecule has 0 aromatic carbocycles. The predicted molar refractivity (Wildman–Crippen MR) is 66.6 cm³/mol. The van der Waals surface area contributed by atoms with Crippen LogP contribution in [-0.2, 0) is 20.1 Å². The molecule has 3 rings (SSSR count). The van der Waals surface area contributed by atoms with Crippen molar-refractivity contribution in [1.29, 1.82) is 0 Å². The van der Waals surface area contributed by atoms with Crippen LogP contribution < -0.4 is 5.32 Å². The molecule has 2 heterocycles. The van der Waals surface area contributed by atoms with Crippen molar-refractivity contribution in [3.8, 4) is 0 Å². The molecule has 4 nitrogen and oxygen atoms in total. The lowest BCUT2D eigenvalue weighted by atomic mass is 10.4. The second-order valence-corrected chi connectivity index (χ2v) is 4.76. The van der Waals surface area contributed by atoms with Crippen LogP contribution in [0.3, 0.4) is 0 Å². The molecule has 1 N–H and O–H groups in total. The van der Waals surface area contributed by atoms with Crippen molar-refractivity contribution in [2.45, 2.75) is 32.0 Å². The van der Waals surface area contributed by atoms with Crippen LogP contribution in [-0.4, -0.2) is 20.4 Å². The number of aryl methyl sites for hydroxylation is 1. The van der Waals surface area contributed by atoms with E-state index in [1.165, 1.54) is 18.5 Å². The molecule has 0 atom stereocenters. The summed E-state index contributed by atoms with van der Waals surface area (Å²) < 4.78 is 4.11. The van der Waals surface area contributed by atoms with E-state index in [-0.39, 0.29) is 0 Å². The lowest BCUT2D eigenvalue weighted by Crippen LogP contribution is -2.18. The summed E-state index contributed by atoms with van der Waals surface area (Å²) in [5, 5.41) is 7.95. The first-order valence-corrected chi connectivity index (χ1v) is 6.17. The molecule has 1 saturated carbocycles. The van der Waals surface area contributed by atoms with E-state index in [1.54, 1.807) is 0 Å². The summed E-state index contributed by atoms with van der Waals surface area (Å²) in [4.78, 5) is 0. The summed E-state index contributed by atoms with van der Waals surface area (Å²) in [7, 11) is 1.95. The Hall–Kier alpha value is -1.55. The highest BCUT2D eigenvalue weighted by atomic mass is 15.3. The second kappa shape index (κ2) is 4.37. The number of nitrogens with zero attached hydrogens (tertiary/aromatic N) is 3. The summed E-state index contributed by atoms with van der Waals surface area (Å²) in [5.41, 5.74) is 2.44. The van der Waals surface area contributed by atoms with Crippen LogP contribution in [0.5, 0.6) is 0 Å². The maximum Gasteiger partial charge on any atom is 0.0821 e. The minimum Gasteiger partial charge on any atom is -0.344 e. The maximum atomic E-state index is 4.41. The number of aromatic nitrogens is 3. The Labute approximate surface area is 101 Å². The van der Waals surface area contributed by atoms with Crippen molar-refractivity contribution in [1.82, 2.24) is 19.7 Å². The lowest BCUT2D eigenvalue weighted by Gasteiger charge is -2.08. The highest BCUT2D eigenvalue weighted by Gasteiger charge is 2.20. The van der Waals surface area contributed by atoms with Gasteiger partial charge in [-0.15, -0.1) is 0 Å². The zero-order valence-electron chi connectivity index (χ0n) is 10.1. The van der Waals surface area contributed by atoms with E-state index in [9.17, 15) is 0 Å². The van der Waals surface area contributed by atoms with Crippen LogP contribution in [0.25, 0.3) is 0 Å². The third-order valence-electron chi connectivity index (χ3n) is 3.17. The highest BCUT2D eigenvalue weighted by Crippen LogP contribution is 2.19. The SMILES string of the molecule is Cn1ccc(Cn2cccc2CNC2CC2)n1. The topological polar surface area (TPSA) is 34.8 Å². The maximum absolute atomic E-state index is 4.41. The summed E-state index contributed by atoms with van der Waals surface area (Å²) in [6, 6.07) is 7.11. The zero-order chi connectivity index (χ0) is 11.7. The van der Waals surface area contributed by atoms with E-state index >= 15 is 0 Å². The average molecular weight is 230 g/mol. The van der Waals surface area contributed by atoms with Gasteiger partial charge in [-0.2, -0.15) is 5.10 Å². The van der Waals surface area contributed by atoms with Crippen LogP contribution in [0.4, 0.5) is 0 Å². The molecule has 0 radical (unpaired) electrons. The van der Waals surface area contributed by atoms with Gasteiger partial charge in [-0.1, -0.05) is 0 Å². The van der Waals surface area contributed by atoms with Crippen LogP contribution in [0.1, 0.15) is 24.2 Å². The van der Waals surface area contributed by atoms with Gasteiger partial charge in [0.1, 0.15) is 0 Å². The first-order valence-electron chi connectivity index (χ1n) is 6.17. The van der Waals surface area contributed by atoms with Gasteiger partial charge in [0.15, 0.2) is 0 Å². The first-order chi connectivity index (χ1) is 8.31. The molecule has 1 aliphatic carbocycles. The molecule has 2 aromatic heterocycles. The fourth-order valence-corrected chi connectivity index (χ4v) is 2.02. The van der Waals surface area contributed by atoms with E-state index in [4.69, 9.17) is 0 Å². The molecule has 0 aliphatic heterocycles. The van der Waals surface area contributed by atoms with Gasteiger partial charge in [0.25, 0.3) is 0 Å². The van der Waals surface area contributed by atoms with E-state index in [0.29, 0.717) is 0 Å². The molecule has 0 amide bonds. The van der Waals surface area contributed by atoms with Crippen LogP contribution in [0, 0.1) is 0 Å². The van der Waals surface area contributed by atoms with Crippen molar-refractivity contribution >= 4 is 0 Å². The van der Waals surface area contributed by atoms with Gasteiger partial charge in [0.2, 0.25) is 0 Å². The smallest absolute Gasteiger partial charge is 0.0821 e. The molecular weight excluding hydrogens is 212 g/mol. The largest absolute Gasteiger partial charge is 0.344 e. The number of hydrogen-bond donors (Lipinski definition) is 1. The Kier molecular flexibility index (Phi) is 2.73. The molecule has 2 aromatic rings. The van der Waals surface area contributed by atoms with Crippen LogP contribution in [0.2, 0.25) is 0 Å². The number of hydrogen-bond acceptors (Lipinski definition) is 2. The predicted octanol–water partition coefficient (Wildman–Crippen LogP) is 1.52. The minimum atomic E-state index is 0.758. The summed E-state index contributed by atoms with van der Waals surface area (Å²) in [6.07, 6.45) is 6.78. The number of nitrogens with one attached hydrogen (secondary N) is 1. The van der Waals surface area contributed by atoms with Crippen LogP contribution in [0.15, 0.2) is 30.6 Å². The van der Waals surface area contributed by atoms with Gasteiger partial charge >= 0.3 is 0 Å². The lowest BCUT2D eigenvalue weighted by molar-refractivity contribution is 0.625. The third-order valence-corrected chi connectivity index (χ3v) is 3.17. The van der Waals surface area contributed by atoms with E-state index in [0.717, 1.165) is 24.8 Å². The molecule has 90 valence electrons. The summed E-state index contributed by atoms with van der Waals surface area (Å²) in [5.74, 6) is 0. The first kappa shape index (κ1) is 10.6. The van der Waals surface area contributed by atoms with Gasteiger partial charge < -0.3 is 9.88 Å². The normalized spacial score (nSPS) is 15.4. The minimum absolute atomic E-state index is 0.758. The summed E-state index contributed by atoms with van der Waals surface area (Å²) >= 11 is 0. The highest BCUT2D eigenvalue weighted by molar-refractivity contribution is 5.11. The van der Waals surface area contributed by atoms with Crippen molar-refractivity contribution in [3.05, 3.63) is 42.0 Å². The van der Waals surface area contributed by atoms with Gasteiger partial charge in [0.05, 0.1) is 12.2 Å². The Morgan fingerprint density at radius 2 is 2.24 bits per heavy atom. The van der Waals surface area contributed by atoms with Crippen molar-refractivity contribution in [3.63, 3.8) is 0 Å². The van der Waals surface area contributed by atoms with Crippen molar-refractivity contribution in [2.75, 3.05) is 0 Å². The Bertz CT molecular complexity index is 493. The second-order valence-electron chi connectivity index (χ2n) is 4.76. The van der Waals surface area contributed by atoms with Gasteiger partial charge in [-0.05, 0) is 31.0 Å². The molecule has 1 aliphatic rings.